The van der Waals surface area contributed by atoms with Crippen LogP contribution in [0.25, 0.3) is 0 Å². The first-order chi connectivity index (χ1) is 12.3. The molecule has 3 rings (SSSR count). The summed E-state index contributed by atoms with van der Waals surface area (Å²) in [5, 5.41) is 0. The average Bonchev–Trinajstić information content (AvgIpc) is 2.78. The number of piperidine rings is 1. The predicted molar refractivity (Wildman–Crippen MR) is 106 cm³/mol. The quantitative estimate of drug-likeness (QED) is 0.637. The largest absolute Gasteiger partial charge is 0.362 e. The molecule has 1 saturated carbocycles. The van der Waals surface area contributed by atoms with Crippen molar-refractivity contribution >= 4 is 0 Å². The molecule has 1 aromatic rings. The molecule has 1 saturated heterocycles. The maximum atomic E-state index is 5.88. The number of rotatable bonds is 4. The zero-order valence-corrected chi connectivity index (χ0v) is 16.4. The second-order valence-electron chi connectivity index (χ2n) is 8.37. The molecule has 1 atom stereocenters. The lowest BCUT2D eigenvalue weighted by molar-refractivity contribution is -0.0494. The Morgan fingerprint density at radius 1 is 0.840 bits per heavy atom. The number of nitrogens with zero attached hydrogens (tertiary/aromatic N) is 1. The molecule has 0 N–H and O–H groups in total. The first kappa shape index (κ1) is 18.9. The standard InChI is InChI=1S/C23H37NO/c1-19-15-17-24(18-16-19)23(25-2)22-13-11-21(12-14-22)20-9-7-5-3-4-6-8-10-20/h11-14,19-20,23H,3-10,15-18H2,1-2H3. The monoisotopic (exact) mass is 343 g/mol. The van der Waals surface area contributed by atoms with Gasteiger partial charge >= 0.3 is 0 Å². The van der Waals surface area contributed by atoms with Gasteiger partial charge in [-0.1, -0.05) is 69.7 Å². The van der Waals surface area contributed by atoms with Crippen LogP contribution in [0.5, 0.6) is 0 Å². The van der Waals surface area contributed by atoms with Crippen LogP contribution in [0, 0.1) is 5.92 Å². The fourth-order valence-electron chi connectivity index (χ4n) is 4.66. The van der Waals surface area contributed by atoms with E-state index in [4.69, 9.17) is 4.74 Å². The summed E-state index contributed by atoms with van der Waals surface area (Å²) >= 11 is 0. The minimum absolute atomic E-state index is 0.127. The van der Waals surface area contributed by atoms with Crippen molar-refractivity contribution in [2.45, 2.75) is 83.3 Å². The van der Waals surface area contributed by atoms with E-state index in [0.717, 1.165) is 24.9 Å². The van der Waals surface area contributed by atoms with Gasteiger partial charge in [0.2, 0.25) is 0 Å². The molecule has 0 bridgehead atoms. The van der Waals surface area contributed by atoms with Crippen LogP contribution in [-0.4, -0.2) is 25.1 Å². The molecule has 0 aromatic heterocycles. The van der Waals surface area contributed by atoms with Gasteiger partial charge in [0.15, 0.2) is 0 Å². The molecule has 0 spiro atoms. The van der Waals surface area contributed by atoms with Crippen LogP contribution in [0.4, 0.5) is 0 Å². The lowest BCUT2D eigenvalue weighted by Crippen LogP contribution is -2.37. The number of likely N-dealkylation sites (tertiary alicyclic amines) is 1. The molecular weight excluding hydrogens is 306 g/mol. The normalized spacial score (nSPS) is 23.6. The van der Waals surface area contributed by atoms with Gasteiger partial charge in [-0.3, -0.25) is 4.90 Å². The van der Waals surface area contributed by atoms with Crippen molar-refractivity contribution in [3.8, 4) is 0 Å². The van der Waals surface area contributed by atoms with E-state index in [2.05, 4.69) is 36.1 Å². The Balaban J connectivity index is 1.65. The average molecular weight is 344 g/mol. The molecule has 1 heterocycles. The Morgan fingerprint density at radius 3 is 1.96 bits per heavy atom. The van der Waals surface area contributed by atoms with Crippen LogP contribution in [0.15, 0.2) is 24.3 Å². The second kappa shape index (κ2) is 9.73. The number of ether oxygens (including phenoxy) is 1. The van der Waals surface area contributed by atoms with E-state index < -0.39 is 0 Å². The first-order valence-electron chi connectivity index (χ1n) is 10.6. The highest BCUT2D eigenvalue weighted by molar-refractivity contribution is 5.27. The minimum atomic E-state index is 0.127. The maximum Gasteiger partial charge on any atom is 0.136 e. The molecular formula is C23H37NO. The summed E-state index contributed by atoms with van der Waals surface area (Å²) in [5.41, 5.74) is 2.87. The fraction of sp³-hybridized carbons (Fsp3) is 0.739. The molecule has 0 amide bonds. The van der Waals surface area contributed by atoms with E-state index in [-0.39, 0.29) is 6.23 Å². The highest BCUT2D eigenvalue weighted by atomic mass is 16.5. The molecule has 25 heavy (non-hydrogen) atoms. The van der Waals surface area contributed by atoms with Crippen LogP contribution in [0.3, 0.4) is 0 Å². The van der Waals surface area contributed by atoms with Gasteiger partial charge in [-0.25, -0.2) is 0 Å². The summed E-state index contributed by atoms with van der Waals surface area (Å²) in [6.07, 6.45) is 14.0. The molecule has 2 aliphatic rings. The summed E-state index contributed by atoms with van der Waals surface area (Å²) < 4.78 is 5.88. The highest BCUT2D eigenvalue weighted by Gasteiger charge is 2.24. The molecule has 2 heteroatoms. The Hall–Kier alpha value is -0.860. The Labute approximate surface area is 154 Å². The summed E-state index contributed by atoms with van der Waals surface area (Å²) in [6, 6.07) is 9.43. The molecule has 140 valence electrons. The molecule has 2 nitrogen and oxygen atoms in total. The van der Waals surface area contributed by atoms with Gasteiger partial charge in [0.25, 0.3) is 0 Å². The minimum Gasteiger partial charge on any atom is -0.362 e. The van der Waals surface area contributed by atoms with E-state index in [9.17, 15) is 0 Å². The van der Waals surface area contributed by atoms with Crippen LogP contribution >= 0.6 is 0 Å². The van der Waals surface area contributed by atoms with Crippen molar-refractivity contribution in [2.75, 3.05) is 20.2 Å². The molecule has 1 aliphatic carbocycles. The molecule has 1 aromatic carbocycles. The Morgan fingerprint density at radius 2 is 1.40 bits per heavy atom. The molecule has 1 unspecified atom stereocenters. The highest BCUT2D eigenvalue weighted by Crippen LogP contribution is 2.32. The first-order valence-corrected chi connectivity index (χ1v) is 10.6. The van der Waals surface area contributed by atoms with Gasteiger partial charge in [-0.2, -0.15) is 0 Å². The SMILES string of the molecule is COC(c1ccc(C2CCCCCCCC2)cc1)N1CCC(C)CC1. The third kappa shape index (κ3) is 5.31. The lowest BCUT2D eigenvalue weighted by atomic mass is 9.89. The van der Waals surface area contributed by atoms with Gasteiger partial charge in [-0.05, 0) is 48.6 Å². The van der Waals surface area contributed by atoms with E-state index in [1.807, 2.05) is 7.11 Å². The van der Waals surface area contributed by atoms with Crippen LogP contribution in [0.2, 0.25) is 0 Å². The van der Waals surface area contributed by atoms with Crippen molar-refractivity contribution < 1.29 is 4.74 Å². The number of hydrogen-bond acceptors (Lipinski definition) is 2. The second-order valence-corrected chi connectivity index (χ2v) is 8.37. The van der Waals surface area contributed by atoms with Gasteiger partial charge in [0.05, 0.1) is 0 Å². The van der Waals surface area contributed by atoms with E-state index in [1.165, 1.54) is 69.8 Å². The number of methoxy groups -OCH3 is 1. The molecule has 2 fully saturated rings. The van der Waals surface area contributed by atoms with E-state index in [1.54, 1.807) is 5.56 Å². The smallest absolute Gasteiger partial charge is 0.136 e. The maximum absolute atomic E-state index is 5.88. The van der Waals surface area contributed by atoms with Crippen molar-refractivity contribution in [3.05, 3.63) is 35.4 Å². The van der Waals surface area contributed by atoms with Crippen molar-refractivity contribution in [1.82, 2.24) is 4.90 Å². The zero-order valence-electron chi connectivity index (χ0n) is 16.4. The van der Waals surface area contributed by atoms with E-state index in [0.29, 0.717) is 0 Å². The predicted octanol–water partition coefficient (Wildman–Crippen LogP) is 6.28. The Kier molecular flexibility index (Phi) is 7.36. The zero-order chi connectivity index (χ0) is 17.5. The van der Waals surface area contributed by atoms with E-state index >= 15 is 0 Å². The van der Waals surface area contributed by atoms with Gasteiger partial charge in [0, 0.05) is 20.2 Å². The number of benzene rings is 1. The third-order valence-electron chi connectivity index (χ3n) is 6.42. The topological polar surface area (TPSA) is 12.5 Å². The molecule has 0 radical (unpaired) electrons. The number of hydrogen-bond donors (Lipinski definition) is 0. The Bertz CT molecular complexity index is 479. The van der Waals surface area contributed by atoms with Crippen LogP contribution in [0.1, 0.15) is 94.4 Å². The fourth-order valence-corrected chi connectivity index (χ4v) is 4.66. The van der Waals surface area contributed by atoms with Crippen LogP contribution in [-0.2, 0) is 4.74 Å². The van der Waals surface area contributed by atoms with Gasteiger partial charge in [-0.15, -0.1) is 0 Å². The van der Waals surface area contributed by atoms with Crippen LogP contribution < -0.4 is 0 Å². The summed E-state index contributed by atoms with van der Waals surface area (Å²) in [6.45, 7) is 4.68. The van der Waals surface area contributed by atoms with Crippen molar-refractivity contribution in [3.63, 3.8) is 0 Å². The summed E-state index contributed by atoms with van der Waals surface area (Å²) in [5.74, 6) is 1.63. The van der Waals surface area contributed by atoms with Gasteiger partial charge in [0.1, 0.15) is 6.23 Å². The lowest BCUT2D eigenvalue weighted by Gasteiger charge is -2.36. The third-order valence-corrected chi connectivity index (χ3v) is 6.42. The van der Waals surface area contributed by atoms with Gasteiger partial charge < -0.3 is 4.74 Å². The molecule has 1 aliphatic heterocycles. The summed E-state index contributed by atoms with van der Waals surface area (Å²) in [4.78, 5) is 2.51. The van der Waals surface area contributed by atoms with Crippen molar-refractivity contribution in [1.29, 1.82) is 0 Å². The van der Waals surface area contributed by atoms with Crippen molar-refractivity contribution in [2.24, 2.45) is 5.92 Å². The summed E-state index contributed by atoms with van der Waals surface area (Å²) in [7, 11) is 1.86.